The molecule has 1 aromatic carbocycles. The van der Waals surface area contributed by atoms with E-state index in [-0.39, 0.29) is 36.0 Å². The van der Waals surface area contributed by atoms with Crippen LogP contribution in [0.2, 0.25) is 0 Å². The van der Waals surface area contributed by atoms with Gasteiger partial charge in [0.05, 0.1) is 18.3 Å². The number of oxazole rings is 1. The Balaban J connectivity index is 1.11. The molecule has 0 radical (unpaired) electrons. The second-order valence-electron chi connectivity index (χ2n) is 11.0. The number of likely N-dealkylation sites (tertiary alicyclic amines) is 1. The fourth-order valence-corrected chi connectivity index (χ4v) is 4.92. The van der Waals surface area contributed by atoms with Crippen LogP contribution in [0.3, 0.4) is 0 Å². The molecule has 3 N–H and O–H groups in total. The van der Waals surface area contributed by atoms with Crippen molar-refractivity contribution in [3.63, 3.8) is 0 Å². The average molecular weight is 564 g/mol. The minimum absolute atomic E-state index is 0.0296. The van der Waals surface area contributed by atoms with E-state index < -0.39 is 6.10 Å². The number of nitrogens with zero attached hydrogens (tertiary/aromatic N) is 5. The molecule has 1 unspecified atom stereocenters. The largest absolute Gasteiger partial charge is 0.486 e. The maximum Gasteiger partial charge on any atom is 0.270 e. The molecule has 0 aliphatic carbocycles. The topological polar surface area (TPSA) is 146 Å². The molecular formula is C29H37N7O5. The van der Waals surface area contributed by atoms with Crippen LogP contribution >= 0.6 is 0 Å². The Labute approximate surface area is 239 Å². The highest BCUT2D eigenvalue weighted by Gasteiger charge is 2.29. The van der Waals surface area contributed by atoms with Crippen molar-refractivity contribution in [2.75, 3.05) is 38.0 Å². The number of hydrogen-bond acceptors (Lipinski definition) is 10. The van der Waals surface area contributed by atoms with Crippen molar-refractivity contribution in [1.29, 1.82) is 0 Å². The first kappa shape index (κ1) is 28.5. The van der Waals surface area contributed by atoms with E-state index in [1.54, 1.807) is 24.1 Å². The molecule has 0 bridgehead atoms. The van der Waals surface area contributed by atoms with Gasteiger partial charge < -0.3 is 29.8 Å². The highest BCUT2D eigenvalue weighted by Crippen LogP contribution is 2.25. The number of amides is 2. The van der Waals surface area contributed by atoms with E-state index in [9.17, 15) is 14.7 Å². The van der Waals surface area contributed by atoms with Crippen molar-refractivity contribution in [2.45, 2.75) is 58.4 Å². The molecule has 12 heteroatoms. The van der Waals surface area contributed by atoms with Crippen molar-refractivity contribution in [1.82, 2.24) is 30.1 Å². The Kier molecular flexibility index (Phi) is 8.79. The number of carbonyl (C=O) groups is 2. The van der Waals surface area contributed by atoms with Gasteiger partial charge in [-0.2, -0.15) is 0 Å². The van der Waals surface area contributed by atoms with Crippen molar-refractivity contribution in [3.05, 3.63) is 65.3 Å². The molecule has 1 fully saturated rings. The minimum atomic E-state index is -0.735. The predicted octanol–water partition coefficient (Wildman–Crippen LogP) is 1.96. The molecule has 0 saturated carbocycles. The van der Waals surface area contributed by atoms with Crippen LogP contribution in [0.1, 0.15) is 59.9 Å². The van der Waals surface area contributed by atoms with Crippen LogP contribution in [-0.2, 0) is 24.4 Å². The van der Waals surface area contributed by atoms with Crippen molar-refractivity contribution in [3.8, 4) is 5.75 Å². The van der Waals surface area contributed by atoms with Crippen LogP contribution in [0, 0.1) is 0 Å². The summed E-state index contributed by atoms with van der Waals surface area (Å²) in [5.74, 6) is 2.27. The molecular weight excluding hydrogens is 526 g/mol. The summed E-state index contributed by atoms with van der Waals surface area (Å²) in [6, 6.07) is 7.75. The number of benzene rings is 1. The number of ether oxygens (including phenoxy) is 1. The number of anilines is 1. The van der Waals surface area contributed by atoms with Gasteiger partial charge in [-0.25, -0.2) is 15.0 Å². The second kappa shape index (κ2) is 12.6. The van der Waals surface area contributed by atoms with Gasteiger partial charge in [-0.15, -0.1) is 0 Å². The van der Waals surface area contributed by atoms with Crippen LogP contribution in [-0.4, -0.2) is 86.5 Å². The summed E-state index contributed by atoms with van der Waals surface area (Å²) >= 11 is 0. The number of aliphatic hydroxyl groups excluding tert-OH is 1. The van der Waals surface area contributed by atoms with E-state index in [4.69, 9.17) is 9.15 Å². The van der Waals surface area contributed by atoms with Gasteiger partial charge in [0.1, 0.15) is 29.7 Å². The van der Waals surface area contributed by atoms with Gasteiger partial charge in [0.2, 0.25) is 5.91 Å². The summed E-state index contributed by atoms with van der Waals surface area (Å²) in [6.07, 6.45) is 3.12. The van der Waals surface area contributed by atoms with Gasteiger partial charge in [-0.1, -0.05) is 19.9 Å². The average Bonchev–Trinajstić information content (AvgIpc) is 3.45. The van der Waals surface area contributed by atoms with E-state index in [2.05, 4.69) is 42.6 Å². The SMILES string of the molecule is CC(=O)N1CC(Nc2cc(C(=O)NCC(O)CN3CCc4cc(OCc5cnco5)ccc4C3)nc(C(C)C)n2)C1. The summed E-state index contributed by atoms with van der Waals surface area (Å²) in [5.41, 5.74) is 2.66. The Morgan fingerprint density at radius 1 is 1.20 bits per heavy atom. The minimum Gasteiger partial charge on any atom is -0.486 e. The molecule has 12 nitrogen and oxygen atoms in total. The zero-order valence-electron chi connectivity index (χ0n) is 23.7. The maximum atomic E-state index is 13.0. The molecule has 1 atom stereocenters. The Hall–Kier alpha value is -4.03. The zero-order chi connectivity index (χ0) is 28.9. The quantitative estimate of drug-likeness (QED) is 0.316. The van der Waals surface area contributed by atoms with Crippen molar-refractivity contribution >= 4 is 17.6 Å². The third kappa shape index (κ3) is 7.39. The van der Waals surface area contributed by atoms with E-state index in [0.717, 1.165) is 18.7 Å². The monoisotopic (exact) mass is 563 g/mol. The first-order valence-corrected chi connectivity index (χ1v) is 13.9. The highest BCUT2D eigenvalue weighted by atomic mass is 16.5. The van der Waals surface area contributed by atoms with E-state index in [0.29, 0.717) is 50.2 Å². The van der Waals surface area contributed by atoms with Crippen LogP contribution < -0.4 is 15.4 Å². The summed E-state index contributed by atoms with van der Waals surface area (Å²) < 4.78 is 11.0. The number of fused-ring (bicyclic) bond motifs is 1. The first-order chi connectivity index (χ1) is 19.7. The fraction of sp³-hybridized carbons (Fsp3) is 0.483. The van der Waals surface area contributed by atoms with Gasteiger partial charge in [0, 0.05) is 58.2 Å². The molecule has 2 aliphatic heterocycles. The summed E-state index contributed by atoms with van der Waals surface area (Å²) in [4.78, 5) is 41.3. The van der Waals surface area contributed by atoms with Gasteiger partial charge in [0.15, 0.2) is 12.2 Å². The zero-order valence-corrected chi connectivity index (χ0v) is 23.7. The van der Waals surface area contributed by atoms with E-state index >= 15 is 0 Å². The number of hydrogen-bond donors (Lipinski definition) is 3. The molecule has 4 heterocycles. The first-order valence-electron chi connectivity index (χ1n) is 13.9. The number of aliphatic hydroxyl groups is 1. The molecule has 2 aliphatic rings. The predicted molar refractivity (Wildman–Crippen MR) is 150 cm³/mol. The summed E-state index contributed by atoms with van der Waals surface area (Å²) in [6.45, 7) is 9.06. The van der Waals surface area contributed by atoms with E-state index in [1.165, 1.54) is 17.5 Å². The lowest BCUT2D eigenvalue weighted by Gasteiger charge is -2.39. The smallest absolute Gasteiger partial charge is 0.270 e. The number of carbonyl (C=O) groups excluding carboxylic acids is 2. The van der Waals surface area contributed by atoms with Gasteiger partial charge in [-0.05, 0) is 29.7 Å². The van der Waals surface area contributed by atoms with Crippen molar-refractivity contribution in [2.24, 2.45) is 0 Å². The van der Waals surface area contributed by atoms with Crippen LogP contribution in [0.5, 0.6) is 5.75 Å². The van der Waals surface area contributed by atoms with Crippen LogP contribution in [0.25, 0.3) is 0 Å². The highest BCUT2D eigenvalue weighted by molar-refractivity contribution is 5.93. The third-order valence-electron chi connectivity index (χ3n) is 7.27. The van der Waals surface area contributed by atoms with Crippen LogP contribution in [0.15, 0.2) is 41.3 Å². The summed E-state index contributed by atoms with van der Waals surface area (Å²) in [7, 11) is 0. The third-order valence-corrected chi connectivity index (χ3v) is 7.27. The number of rotatable bonds is 11. The number of aromatic nitrogens is 3. The van der Waals surface area contributed by atoms with Crippen molar-refractivity contribution < 1.29 is 23.8 Å². The van der Waals surface area contributed by atoms with Gasteiger partial charge in [-0.3, -0.25) is 14.5 Å². The number of β-amino-alcohol motifs (C(OH)–C–C–N with tert-alkyl or cyclic N) is 1. The van der Waals surface area contributed by atoms with Crippen LogP contribution in [0.4, 0.5) is 5.82 Å². The lowest BCUT2D eigenvalue weighted by Crippen LogP contribution is -2.56. The summed E-state index contributed by atoms with van der Waals surface area (Å²) in [5, 5.41) is 16.8. The molecule has 0 spiro atoms. The normalized spacial score (nSPS) is 16.2. The second-order valence-corrected chi connectivity index (χ2v) is 11.0. The maximum absolute atomic E-state index is 13.0. The lowest BCUT2D eigenvalue weighted by molar-refractivity contribution is -0.132. The molecule has 1 saturated heterocycles. The lowest BCUT2D eigenvalue weighted by atomic mass is 9.99. The Bertz CT molecular complexity index is 1360. The fourth-order valence-electron chi connectivity index (χ4n) is 4.92. The molecule has 218 valence electrons. The molecule has 2 amide bonds. The van der Waals surface area contributed by atoms with E-state index in [1.807, 2.05) is 19.9 Å². The molecule has 5 rings (SSSR count). The number of nitrogens with one attached hydrogen (secondary N) is 2. The van der Waals surface area contributed by atoms with Gasteiger partial charge in [0.25, 0.3) is 5.91 Å². The Morgan fingerprint density at radius 3 is 2.76 bits per heavy atom. The van der Waals surface area contributed by atoms with Gasteiger partial charge >= 0.3 is 0 Å². The standard InChI is InChI=1S/C29H37N7O5/c1-18(2)28-33-26(9-27(34-28)32-22-13-36(14-22)19(3)37)29(39)31-10-23(38)15-35-7-6-20-8-24(5-4-21(20)12-35)40-16-25-11-30-17-41-25/h4-5,8-9,11,17-18,22-23,38H,6-7,10,12-16H2,1-3H3,(H,31,39)(H,32,33,34). The molecule has 3 aromatic rings. The molecule has 2 aromatic heterocycles. The molecule has 41 heavy (non-hydrogen) atoms. The Morgan fingerprint density at radius 2 is 2.02 bits per heavy atom.